The van der Waals surface area contributed by atoms with Crippen molar-refractivity contribution in [2.24, 2.45) is 0 Å². The molecule has 0 aromatic heterocycles. The van der Waals surface area contributed by atoms with Crippen LogP contribution >= 0.6 is 0 Å². The first-order valence-corrected chi connectivity index (χ1v) is 19.3. The van der Waals surface area contributed by atoms with Gasteiger partial charge < -0.3 is 19.7 Å². The molecule has 45 heavy (non-hydrogen) atoms. The van der Waals surface area contributed by atoms with Gasteiger partial charge in [-0.15, -0.1) is 0 Å². The molecule has 6 heteroatoms. The van der Waals surface area contributed by atoms with Gasteiger partial charge in [-0.2, -0.15) is 0 Å². The van der Waals surface area contributed by atoms with Crippen LogP contribution in [-0.4, -0.2) is 47.6 Å². The Morgan fingerprint density at radius 1 is 0.578 bits per heavy atom. The fourth-order valence-electron chi connectivity index (χ4n) is 5.63. The summed E-state index contributed by atoms with van der Waals surface area (Å²) in [6.07, 6.45) is 36.5. The van der Waals surface area contributed by atoms with E-state index in [-0.39, 0.29) is 12.6 Å². The number of esters is 2. The molecule has 0 spiro atoms. The first-order chi connectivity index (χ1) is 22.0. The van der Waals surface area contributed by atoms with Gasteiger partial charge in [-0.25, -0.2) is 4.79 Å². The van der Waals surface area contributed by atoms with Gasteiger partial charge in [-0.1, -0.05) is 161 Å². The summed E-state index contributed by atoms with van der Waals surface area (Å²) in [6.45, 7) is 3.74. The topological polar surface area (TPSA) is 93.1 Å². The Hall–Kier alpha value is -1.40. The van der Waals surface area contributed by atoms with Crippen molar-refractivity contribution in [3.8, 4) is 0 Å². The van der Waals surface area contributed by atoms with Crippen LogP contribution < -0.4 is 0 Å². The van der Waals surface area contributed by atoms with Gasteiger partial charge in [-0.3, -0.25) is 4.79 Å². The van der Waals surface area contributed by atoms with E-state index >= 15 is 0 Å². The predicted molar refractivity (Wildman–Crippen MR) is 188 cm³/mol. The van der Waals surface area contributed by atoms with E-state index in [1.54, 1.807) is 0 Å². The van der Waals surface area contributed by atoms with Gasteiger partial charge in [0.15, 0.2) is 6.10 Å². The van der Waals surface area contributed by atoms with Crippen LogP contribution in [0.15, 0.2) is 12.2 Å². The van der Waals surface area contributed by atoms with Crippen LogP contribution in [0, 0.1) is 0 Å². The Morgan fingerprint density at radius 2 is 0.978 bits per heavy atom. The van der Waals surface area contributed by atoms with E-state index in [2.05, 4.69) is 26.0 Å². The number of allylic oxidation sites excluding steroid dienone is 2. The lowest BCUT2D eigenvalue weighted by atomic mass is 10.0. The van der Waals surface area contributed by atoms with E-state index in [1.807, 2.05) is 0 Å². The molecule has 2 N–H and O–H groups in total. The minimum Gasteiger partial charge on any atom is -0.460 e. The highest BCUT2D eigenvalue weighted by atomic mass is 16.6. The summed E-state index contributed by atoms with van der Waals surface area (Å²) in [7, 11) is 0. The Labute approximate surface area is 278 Å². The van der Waals surface area contributed by atoms with Gasteiger partial charge >= 0.3 is 11.9 Å². The molecule has 0 aliphatic carbocycles. The highest BCUT2D eigenvalue weighted by molar-refractivity contribution is 5.79. The van der Waals surface area contributed by atoms with Crippen LogP contribution in [0.1, 0.15) is 200 Å². The average Bonchev–Trinajstić information content (AvgIpc) is 3.04. The Bertz CT molecular complexity index is 664. The van der Waals surface area contributed by atoms with Crippen molar-refractivity contribution in [3.05, 3.63) is 12.2 Å². The maximum absolute atomic E-state index is 12.6. The Kier molecular flexibility index (Phi) is 34.4. The molecule has 0 fully saturated rings. The van der Waals surface area contributed by atoms with Gasteiger partial charge in [0.25, 0.3) is 0 Å². The number of hydrogen-bond donors (Lipinski definition) is 2. The van der Waals surface area contributed by atoms with Crippen LogP contribution in [0.4, 0.5) is 0 Å². The van der Waals surface area contributed by atoms with Crippen molar-refractivity contribution < 1.29 is 29.3 Å². The van der Waals surface area contributed by atoms with E-state index < -0.39 is 24.8 Å². The highest BCUT2D eigenvalue weighted by Crippen LogP contribution is 2.16. The quantitative estimate of drug-likeness (QED) is 0.0407. The molecule has 0 aliphatic heterocycles. The minimum atomic E-state index is -1.13. The number of aliphatic hydroxyl groups excluding tert-OH is 2. The molecule has 0 rings (SSSR count). The second kappa shape index (κ2) is 35.5. The van der Waals surface area contributed by atoms with Crippen molar-refractivity contribution in [1.29, 1.82) is 0 Å². The number of hydrogen-bond acceptors (Lipinski definition) is 6. The zero-order valence-electron chi connectivity index (χ0n) is 29.8. The maximum atomic E-state index is 12.6. The number of rotatable bonds is 35. The summed E-state index contributed by atoms with van der Waals surface area (Å²) in [5.74, 6) is -0.991. The van der Waals surface area contributed by atoms with Crippen LogP contribution in [0.25, 0.3) is 0 Å². The van der Waals surface area contributed by atoms with Gasteiger partial charge in [0.2, 0.25) is 0 Å². The average molecular weight is 639 g/mol. The standard InChI is InChI=1S/C39H74O6/c1-3-5-7-9-11-13-15-17-19-21-23-25-27-29-31-33-38(42)45-37(39(43)44-35-36(41)34-40)32-30-28-26-24-22-20-18-16-14-12-10-8-6-4-2/h18,20,36-37,40-41H,3-17,19,21-35H2,1-2H3/b20-18-. The molecular weight excluding hydrogens is 564 g/mol. The molecule has 0 saturated carbocycles. The molecule has 0 aromatic rings. The van der Waals surface area contributed by atoms with Gasteiger partial charge in [0.1, 0.15) is 12.7 Å². The molecule has 0 saturated heterocycles. The zero-order chi connectivity index (χ0) is 33.1. The lowest BCUT2D eigenvalue weighted by Crippen LogP contribution is -2.32. The summed E-state index contributed by atoms with van der Waals surface area (Å²) in [5.41, 5.74) is 0. The molecular formula is C39H74O6. The molecule has 0 aromatic carbocycles. The molecule has 2 unspecified atom stereocenters. The van der Waals surface area contributed by atoms with Crippen LogP contribution in [-0.2, 0) is 19.1 Å². The summed E-state index contributed by atoms with van der Waals surface area (Å²) in [4.78, 5) is 25.1. The maximum Gasteiger partial charge on any atom is 0.347 e. The molecule has 0 bridgehead atoms. The van der Waals surface area contributed by atoms with E-state index in [9.17, 15) is 14.7 Å². The molecule has 6 nitrogen and oxygen atoms in total. The molecule has 0 radical (unpaired) electrons. The first-order valence-electron chi connectivity index (χ1n) is 19.3. The van der Waals surface area contributed by atoms with Gasteiger partial charge in [0, 0.05) is 6.42 Å². The Morgan fingerprint density at radius 3 is 1.42 bits per heavy atom. The van der Waals surface area contributed by atoms with Crippen LogP contribution in [0.3, 0.4) is 0 Å². The summed E-state index contributed by atoms with van der Waals surface area (Å²) < 4.78 is 10.7. The second-order valence-electron chi connectivity index (χ2n) is 13.2. The number of carbonyl (C=O) groups is 2. The lowest BCUT2D eigenvalue weighted by Gasteiger charge is -2.18. The predicted octanol–water partition coefficient (Wildman–Crippen LogP) is 10.7. The third-order valence-corrected chi connectivity index (χ3v) is 8.63. The summed E-state index contributed by atoms with van der Waals surface area (Å²) in [6, 6.07) is 0. The monoisotopic (exact) mass is 639 g/mol. The second-order valence-corrected chi connectivity index (χ2v) is 13.2. The van der Waals surface area contributed by atoms with Crippen LogP contribution in [0.5, 0.6) is 0 Å². The molecule has 2 atom stereocenters. The highest BCUT2D eigenvalue weighted by Gasteiger charge is 2.24. The molecule has 0 amide bonds. The fourth-order valence-corrected chi connectivity index (χ4v) is 5.63. The lowest BCUT2D eigenvalue weighted by molar-refractivity contribution is -0.170. The Balaban J connectivity index is 4.03. The fraction of sp³-hybridized carbons (Fsp3) is 0.897. The van der Waals surface area contributed by atoms with Crippen molar-refractivity contribution in [2.45, 2.75) is 212 Å². The van der Waals surface area contributed by atoms with Crippen LogP contribution in [0.2, 0.25) is 0 Å². The normalized spacial score (nSPS) is 12.9. The zero-order valence-corrected chi connectivity index (χ0v) is 29.8. The van der Waals surface area contributed by atoms with E-state index in [0.717, 1.165) is 51.4 Å². The third-order valence-electron chi connectivity index (χ3n) is 8.63. The summed E-state index contributed by atoms with van der Waals surface area (Å²) >= 11 is 0. The number of ether oxygens (including phenoxy) is 2. The number of unbranched alkanes of at least 4 members (excludes halogenated alkanes) is 24. The van der Waals surface area contributed by atoms with Crippen molar-refractivity contribution in [3.63, 3.8) is 0 Å². The number of aliphatic hydroxyl groups is 2. The SMILES string of the molecule is CCCCCCCC/C=C\CCCCCCC(OC(=O)CCCCCCCCCCCCCCCCC)C(=O)OCC(O)CO. The first kappa shape index (κ1) is 43.6. The minimum absolute atomic E-state index is 0.298. The van der Waals surface area contributed by atoms with E-state index in [0.29, 0.717) is 12.8 Å². The van der Waals surface area contributed by atoms with Gasteiger partial charge in [0.05, 0.1) is 6.61 Å². The van der Waals surface area contributed by atoms with Crippen molar-refractivity contribution in [1.82, 2.24) is 0 Å². The van der Waals surface area contributed by atoms with E-state index in [1.165, 1.54) is 122 Å². The van der Waals surface area contributed by atoms with Crippen molar-refractivity contribution in [2.75, 3.05) is 13.2 Å². The third kappa shape index (κ3) is 32.3. The largest absolute Gasteiger partial charge is 0.460 e. The molecule has 266 valence electrons. The van der Waals surface area contributed by atoms with Crippen molar-refractivity contribution >= 4 is 11.9 Å². The molecule has 0 aliphatic rings. The number of carbonyl (C=O) groups excluding carboxylic acids is 2. The smallest absolute Gasteiger partial charge is 0.347 e. The van der Waals surface area contributed by atoms with E-state index in [4.69, 9.17) is 14.6 Å². The van der Waals surface area contributed by atoms with Gasteiger partial charge in [-0.05, 0) is 44.9 Å². The molecule has 0 heterocycles. The summed E-state index contributed by atoms with van der Waals surface area (Å²) in [5, 5.41) is 18.5.